The standard InChI is InChI=1S/C16H13FN2O2/c17-12-7-3-4-8-13(12)18-16(21)14-9-10-5-1-2-6-11(10)15(20)19-14/h1-8,14H,9H2,(H,18,21)(H,19,20). The Morgan fingerprint density at radius 1 is 1.14 bits per heavy atom. The first-order chi connectivity index (χ1) is 10.1. The molecule has 21 heavy (non-hydrogen) atoms. The molecule has 0 saturated heterocycles. The first-order valence-electron chi connectivity index (χ1n) is 6.59. The third-order valence-corrected chi connectivity index (χ3v) is 3.44. The number of rotatable bonds is 2. The normalized spacial score (nSPS) is 16.8. The van der Waals surface area contributed by atoms with Gasteiger partial charge in [-0.25, -0.2) is 4.39 Å². The summed E-state index contributed by atoms with van der Waals surface area (Å²) in [6, 6.07) is 12.4. The monoisotopic (exact) mass is 284 g/mol. The molecule has 0 spiro atoms. The van der Waals surface area contributed by atoms with E-state index < -0.39 is 17.8 Å². The Labute approximate surface area is 121 Å². The number of carbonyl (C=O) groups is 2. The lowest BCUT2D eigenvalue weighted by molar-refractivity contribution is -0.118. The van der Waals surface area contributed by atoms with E-state index in [0.717, 1.165) is 5.56 Å². The molecule has 2 amide bonds. The van der Waals surface area contributed by atoms with Crippen LogP contribution in [0.5, 0.6) is 0 Å². The van der Waals surface area contributed by atoms with Crippen molar-refractivity contribution >= 4 is 17.5 Å². The van der Waals surface area contributed by atoms with Crippen molar-refractivity contribution < 1.29 is 14.0 Å². The molecule has 1 unspecified atom stereocenters. The Hall–Kier alpha value is -2.69. The number of benzene rings is 2. The maximum atomic E-state index is 13.5. The van der Waals surface area contributed by atoms with Gasteiger partial charge in [0.1, 0.15) is 11.9 Å². The lowest BCUT2D eigenvalue weighted by Crippen LogP contribution is -2.48. The summed E-state index contributed by atoms with van der Waals surface area (Å²) >= 11 is 0. The van der Waals surface area contributed by atoms with Gasteiger partial charge in [0.15, 0.2) is 0 Å². The molecule has 0 bridgehead atoms. The molecule has 0 fully saturated rings. The summed E-state index contributed by atoms with van der Waals surface area (Å²) in [7, 11) is 0. The molecule has 0 saturated carbocycles. The fourth-order valence-electron chi connectivity index (χ4n) is 2.37. The Bertz CT molecular complexity index is 715. The average Bonchev–Trinajstić information content (AvgIpc) is 2.49. The van der Waals surface area contributed by atoms with E-state index in [2.05, 4.69) is 10.6 Å². The zero-order chi connectivity index (χ0) is 14.8. The van der Waals surface area contributed by atoms with Crippen molar-refractivity contribution in [2.75, 3.05) is 5.32 Å². The zero-order valence-electron chi connectivity index (χ0n) is 11.1. The maximum absolute atomic E-state index is 13.5. The van der Waals surface area contributed by atoms with Gasteiger partial charge in [-0.05, 0) is 23.8 Å². The van der Waals surface area contributed by atoms with E-state index in [1.165, 1.54) is 12.1 Å². The van der Waals surface area contributed by atoms with E-state index in [1.54, 1.807) is 24.3 Å². The SMILES string of the molecule is O=C1NC(C(=O)Nc2ccccc2F)Cc2ccccc21. The fraction of sp³-hybridized carbons (Fsp3) is 0.125. The van der Waals surface area contributed by atoms with Crippen LogP contribution >= 0.6 is 0 Å². The molecular formula is C16H13FN2O2. The Balaban J connectivity index is 1.78. The van der Waals surface area contributed by atoms with Gasteiger partial charge in [0.25, 0.3) is 5.91 Å². The van der Waals surface area contributed by atoms with Gasteiger partial charge in [-0.3, -0.25) is 9.59 Å². The van der Waals surface area contributed by atoms with Gasteiger partial charge in [-0.15, -0.1) is 0 Å². The molecule has 1 aliphatic rings. The van der Waals surface area contributed by atoms with Crippen LogP contribution in [0.1, 0.15) is 15.9 Å². The minimum absolute atomic E-state index is 0.107. The fourth-order valence-corrected chi connectivity index (χ4v) is 2.37. The van der Waals surface area contributed by atoms with Crippen molar-refractivity contribution in [2.24, 2.45) is 0 Å². The molecule has 4 nitrogen and oxygen atoms in total. The van der Waals surface area contributed by atoms with Crippen LogP contribution in [0.2, 0.25) is 0 Å². The molecule has 2 aromatic carbocycles. The lowest BCUT2D eigenvalue weighted by Gasteiger charge is -2.24. The van der Waals surface area contributed by atoms with Gasteiger partial charge in [0, 0.05) is 12.0 Å². The molecule has 2 aromatic rings. The lowest BCUT2D eigenvalue weighted by atomic mass is 9.95. The smallest absolute Gasteiger partial charge is 0.252 e. The highest BCUT2D eigenvalue weighted by atomic mass is 19.1. The van der Waals surface area contributed by atoms with E-state index in [1.807, 2.05) is 12.1 Å². The number of hydrogen-bond donors (Lipinski definition) is 2. The van der Waals surface area contributed by atoms with E-state index in [-0.39, 0.29) is 11.6 Å². The van der Waals surface area contributed by atoms with Crippen LogP contribution in [0.3, 0.4) is 0 Å². The van der Waals surface area contributed by atoms with Crippen LogP contribution < -0.4 is 10.6 Å². The summed E-state index contributed by atoms with van der Waals surface area (Å²) in [5, 5.41) is 5.14. The van der Waals surface area contributed by atoms with E-state index in [4.69, 9.17) is 0 Å². The predicted octanol–water partition coefficient (Wildman–Crippen LogP) is 2.12. The molecule has 0 radical (unpaired) electrons. The van der Waals surface area contributed by atoms with E-state index >= 15 is 0 Å². The topological polar surface area (TPSA) is 58.2 Å². The highest BCUT2D eigenvalue weighted by Crippen LogP contribution is 2.18. The van der Waals surface area contributed by atoms with Crippen molar-refractivity contribution in [2.45, 2.75) is 12.5 Å². The molecule has 1 aliphatic heterocycles. The molecule has 0 aromatic heterocycles. The third-order valence-electron chi connectivity index (χ3n) is 3.44. The molecule has 5 heteroatoms. The minimum Gasteiger partial charge on any atom is -0.340 e. The zero-order valence-corrected chi connectivity index (χ0v) is 11.1. The molecular weight excluding hydrogens is 271 g/mol. The van der Waals surface area contributed by atoms with Crippen LogP contribution in [0.15, 0.2) is 48.5 Å². The van der Waals surface area contributed by atoms with Crippen LogP contribution in [-0.4, -0.2) is 17.9 Å². The third kappa shape index (κ3) is 2.63. The van der Waals surface area contributed by atoms with E-state index in [9.17, 15) is 14.0 Å². The number of halogens is 1. The molecule has 2 N–H and O–H groups in total. The molecule has 1 atom stereocenters. The minimum atomic E-state index is -0.702. The van der Waals surface area contributed by atoms with Crippen LogP contribution in [0.4, 0.5) is 10.1 Å². The summed E-state index contributed by atoms with van der Waals surface area (Å²) in [4.78, 5) is 24.1. The van der Waals surface area contributed by atoms with Crippen molar-refractivity contribution in [3.8, 4) is 0 Å². The van der Waals surface area contributed by atoms with Crippen LogP contribution in [0, 0.1) is 5.82 Å². The molecule has 1 heterocycles. The Morgan fingerprint density at radius 2 is 1.86 bits per heavy atom. The summed E-state index contributed by atoms with van der Waals surface area (Å²) in [5.41, 5.74) is 1.50. The highest BCUT2D eigenvalue weighted by molar-refractivity contribution is 6.03. The molecule has 106 valence electrons. The van der Waals surface area contributed by atoms with Gasteiger partial charge in [-0.1, -0.05) is 30.3 Å². The van der Waals surface area contributed by atoms with Crippen molar-refractivity contribution in [1.29, 1.82) is 0 Å². The largest absolute Gasteiger partial charge is 0.340 e. The second kappa shape index (κ2) is 5.36. The summed E-state index contributed by atoms with van der Waals surface area (Å²) < 4.78 is 13.5. The quantitative estimate of drug-likeness (QED) is 0.887. The van der Waals surface area contributed by atoms with Crippen LogP contribution in [-0.2, 0) is 11.2 Å². The summed E-state index contributed by atoms with van der Waals surface area (Å²) in [5.74, 6) is -1.22. The maximum Gasteiger partial charge on any atom is 0.252 e. The first-order valence-corrected chi connectivity index (χ1v) is 6.59. The summed E-state index contributed by atoms with van der Waals surface area (Å²) in [6.45, 7) is 0. The molecule has 0 aliphatic carbocycles. The number of carbonyl (C=O) groups excluding carboxylic acids is 2. The second-order valence-corrected chi connectivity index (χ2v) is 4.86. The molecule has 3 rings (SSSR count). The number of hydrogen-bond acceptors (Lipinski definition) is 2. The number of anilines is 1. The van der Waals surface area contributed by atoms with Gasteiger partial charge in [-0.2, -0.15) is 0 Å². The number of nitrogens with one attached hydrogen (secondary N) is 2. The highest BCUT2D eigenvalue weighted by Gasteiger charge is 2.28. The van der Waals surface area contributed by atoms with E-state index in [0.29, 0.717) is 12.0 Å². The van der Waals surface area contributed by atoms with Gasteiger partial charge >= 0.3 is 0 Å². The van der Waals surface area contributed by atoms with Gasteiger partial charge in [0.05, 0.1) is 5.69 Å². The Morgan fingerprint density at radius 3 is 2.67 bits per heavy atom. The van der Waals surface area contributed by atoms with Crippen molar-refractivity contribution in [3.63, 3.8) is 0 Å². The first kappa shape index (κ1) is 13.3. The summed E-state index contributed by atoms with van der Waals surface area (Å²) in [6.07, 6.45) is 0.391. The van der Waals surface area contributed by atoms with Crippen molar-refractivity contribution in [1.82, 2.24) is 5.32 Å². The van der Waals surface area contributed by atoms with Crippen molar-refractivity contribution in [3.05, 3.63) is 65.5 Å². The van der Waals surface area contributed by atoms with Crippen LogP contribution in [0.25, 0.3) is 0 Å². The van der Waals surface area contributed by atoms with Gasteiger partial charge < -0.3 is 10.6 Å². The number of para-hydroxylation sites is 1. The second-order valence-electron chi connectivity index (χ2n) is 4.86. The number of fused-ring (bicyclic) bond motifs is 1. The predicted molar refractivity (Wildman–Crippen MR) is 76.4 cm³/mol. The van der Waals surface area contributed by atoms with Gasteiger partial charge in [0.2, 0.25) is 5.91 Å². The Kier molecular flexibility index (Phi) is 3.39. The number of amides is 2. The average molecular weight is 284 g/mol.